The number of rotatable bonds is 1. The van der Waals surface area contributed by atoms with Crippen LogP contribution in [0.2, 0.25) is 5.02 Å². The molecule has 1 radical (unpaired) electrons. The largest absolute Gasteiger partial charge is 0.496 e. The number of benzene rings is 1. The number of methoxy groups -OCH3 is 1. The fourth-order valence-corrected chi connectivity index (χ4v) is 0.785. The van der Waals surface area contributed by atoms with Gasteiger partial charge in [-0.15, -0.1) is 0 Å². The molecule has 0 bridgehead atoms. The number of hydrogen-bond donors (Lipinski definition) is 0. The maximum absolute atomic E-state index is 12.4. The summed E-state index contributed by atoms with van der Waals surface area (Å²) in [7, 11) is 1.43. The summed E-state index contributed by atoms with van der Waals surface area (Å²) in [6.07, 6.45) is 0. The normalized spacial score (nSPS) is 9.50. The van der Waals surface area contributed by atoms with Crippen molar-refractivity contribution >= 4 is 11.6 Å². The van der Waals surface area contributed by atoms with E-state index in [1.165, 1.54) is 19.2 Å². The van der Waals surface area contributed by atoms with Crippen LogP contribution in [0.4, 0.5) is 4.39 Å². The van der Waals surface area contributed by atoms with E-state index in [2.05, 4.69) is 6.07 Å². The Morgan fingerprint density at radius 3 is 2.80 bits per heavy atom. The van der Waals surface area contributed by atoms with Gasteiger partial charge in [-0.05, 0) is 6.07 Å². The van der Waals surface area contributed by atoms with Crippen LogP contribution < -0.4 is 4.74 Å². The molecule has 0 spiro atoms. The smallest absolute Gasteiger partial charge is 0.131 e. The van der Waals surface area contributed by atoms with Gasteiger partial charge >= 0.3 is 0 Å². The fourth-order valence-electron chi connectivity index (χ4n) is 0.588. The van der Waals surface area contributed by atoms with Crippen LogP contribution in [0.1, 0.15) is 0 Å². The lowest BCUT2D eigenvalue weighted by Crippen LogP contribution is -1.83. The maximum atomic E-state index is 12.4. The zero-order chi connectivity index (χ0) is 7.56. The summed E-state index contributed by atoms with van der Waals surface area (Å²) in [6.45, 7) is 0. The van der Waals surface area contributed by atoms with Crippen LogP contribution >= 0.6 is 11.6 Å². The van der Waals surface area contributed by atoms with E-state index in [0.29, 0.717) is 5.75 Å². The van der Waals surface area contributed by atoms with Gasteiger partial charge in [0.1, 0.15) is 11.6 Å². The highest BCUT2D eigenvalue weighted by Crippen LogP contribution is 2.18. The molecule has 0 saturated heterocycles. The second-order valence-electron chi connectivity index (χ2n) is 1.71. The topological polar surface area (TPSA) is 9.23 Å². The summed E-state index contributed by atoms with van der Waals surface area (Å²) >= 11 is 5.45. The minimum atomic E-state index is -0.416. The summed E-state index contributed by atoms with van der Waals surface area (Å²) in [4.78, 5) is 0. The van der Waals surface area contributed by atoms with Crippen molar-refractivity contribution in [2.45, 2.75) is 0 Å². The molecule has 1 aromatic rings. The average Bonchev–Trinajstić information content (AvgIpc) is 1.85. The van der Waals surface area contributed by atoms with Crippen molar-refractivity contribution in [3.8, 4) is 5.75 Å². The van der Waals surface area contributed by atoms with Crippen LogP contribution in [0.3, 0.4) is 0 Å². The standard InChI is InChI=1S/C7H5ClFO/c1-10-7-3-5(8)2-6(9)4-7/h2,4H,1H3. The SMILES string of the molecule is COc1[c]c(Cl)cc(F)c1. The minimum absolute atomic E-state index is 0.219. The van der Waals surface area contributed by atoms with Crippen molar-refractivity contribution in [1.29, 1.82) is 0 Å². The first-order valence-corrected chi connectivity index (χ1v) is 3.02. The molecule has 0 fully saturated rings. The van der Waals surface area contributed by atoms with Crippen LogP contribution in [-0.2, 0) is 0 Å². The molecule has 0 heterocycles. The zero-order valence-electron chi connectivity index (χ0n) is 5.32. The van der Waals surface area contributed by atoms with E-state index < -0.39 is 5.82 Å². The lowest BCUT2D eigenvalue weighted by Gasteiger charge is -1.97. The van der Waals surface area contributed by atoms with E-state index in [9.17, 15) is 4.39 Å². The van der Waals surface area contributed by atoms with Gasteiger partial charge in [0, 0.05) is 12.1 Å². The number of hydrogen-bond acceptors (Lipinski definition) is 1. The molecule has 1 aromatic carbocycles. The Bertz CT molecular complexity index is 217. The van der Waals surface area contributed by atoms with Crippen molar-refractivity contribution in [2.24, 2.45) is 0 Å². The van der Waals surface area contributed by atoms with Gasteiger partial charge < -0.3 is 4.74 Å². The van der Waals surface area contributed by atoms with Gasteiger partial charge in [0.15, 0.2) is 0 Å². The van der Waals surface area contributed by atoms with Crippen molar-refractivity contribution in [3.63, 3.8) is 0 Å². The molecule has 0 aliphatic carbocycles. The van der Waals surface area contributed by atoms with E-state index in [-0.39, 0.29) is 5.02 Å². The zero-order valence-corrected chi connectivity index (χ0v) is 6.07. The molecule has 1 nitrogen and oxygen atoms in total. The molecule has 0 aliphatic heterocycles. The minimum Gasteiger partial charge on any atom is -0.496 e. The van der Waals surface area contributed by atoms with Crippen LogP contribution in [0, 0.1) is 11.9 Å². The van der Waals surface area contributed by atoms with Gasteiger partial charge in [0.25, 0.3) is 0 Å². The first kappa shape index (κ1) is 7.35. The Kier molecular flexibility index (Phi) is 2.12. The molecule has 10 heavy (non-hydrogen) atoms. The molecule has 0 unspecified atom stereocenters. The third-order valence-electron chi connectivity index (χ3n) is 0.996. The van der Waals surface area contributed by atoms with Crippen molar-refractivity contribution in [1.82, 2.24) is 0 Å². The first-order valence-electron chi connectivity index (χ1n) is 2.65. The second-order valence-corrected chi connectivity index (χ2v) is 2.12. The Hall–Kier alpha value is -0.760. The van der Waals surface area contributed by atoms with Gasteiger partial charge in [0.05, 0.1) is 12.1 Å². The molecule has 0 atom stereocenters. The average molecular weight is 160 g/mol. The van der Waals surface area contributed by atoms with Gasteiger partial charge in [-0.1, -0.05) is 11.6 Å². The molecule has 0 amide bonds. The van der Waals surface area contributed by atoms with Gasteiger partial charge in [-0.25, -0.2) is 4.39 Å². The van der Waals surface area contributed by atoms with E-state index in [0.717, 1.165) is 0 Å². The molecule has 0 aromatic heterocycles. The molecule has 3 heteroatoms. The van der Waals surface area contributed by atoms with Crippen molar-refractivity contribution in [2.75, 3.05) is 7.11 Å². The van der Waals surface area contributed by atoms with Gasteiger partial charge in [-0.2, -0.15) is 0 Å². The van der Waals surface area contributed by atoms with Crippen LogP contribution in [0.25, 0.3) is 0 Å². The summed E-state index contributed by atoms with van der Waals surface area (Å²) < 4.78 is 17.1. The monoisotopic (exact) mass is 159 g/mol. The molecule has 0 N–H and O–H groups in total. The third kappa shape index (κ3) is 1.61. The number of halogens is 2. The fraction of sp³-hybridized carbons (Fsp3) is 0.143. The molecule has 1 rings (SSSR count). The number of ether oxygens (including phenoxy) is 1. The summed E-state index contributed by atoms with van der Waals surface area (Å²) in [5, 5.41) is 0.219. The van der Waals surface area contributed by atoms with Crippen LogP contribution in [0.15, 0.2) is 12.1 Å². The van der Waals surface area contributed by atoms with Crippen molar-refractivity contribution in [3.05, 3.63) is 29.0 Å². The lowest BCUT2D eigenvalue weighted by molar-refractivity contribution is 0.410. The maximum Gasteiger partial charge on any atom is 0.131 e. The predicted molar refractivity (Wildman–Crippen MR) is 36.8 cm³/mol. The van der Waals surface area contributed by atoms with Gasteiger partial charge in [0.2, 0.25) is 0 Å². The molecular weight excluding hydrogens is 155 g/mol. The highest BCUT2D eigenvalue weighted by molar-refractivity contribution is 6.30. The molecular formula is C7H5ClFO. The quantitative estimate of drug-likeness (QED) is 0.611. The molecule has 0 saturated carbocycles. The van der Waals surface area contributed by atoms with Crippen LogP contribution in [0.5, 0.6) is 5.75 Å². The van der Waals surface area contributed by atoms with E-state index in [1.54, 1.807) is 0 Å². The summed E-state index contributed by atoms with van der Waals surface area (Å²) in [5.41, 5.74) is 0. The van der Waals surface area contributed by atoms with E-state index >= 15 is 0 Å². The Morgan fingerprint density at radius 2 is 2.30 bits per heavy atom. The van der Waals surface area contributed by atoms with E-state index in [4.69, 9.17) is 16.3 Å². The van der Waals surface area contributed by atoms with Gasteiger partial charge in [-0.3, -0.25) is 0 Å². The summed E-state index contributed by atoms with van der Waals surface area (Å²) in [6, 6.07) is 4.99. The van der Waals surface area contributed by atoms with Crippen LogP contribution in [-0.4, -0.2) is 7.11 Å². The molecule has 53 valence electrons. The summed E-state index contributed by atoms with van der Waals surface area (Å²) in [5.74, 6) is -0.106. The van der Waals surface area contributed by atoms with E-state index in [1.807, 2.05) is 0 Å². The predicted octanol–water partition coefficient (Wildman–Crippen LogP) is 2.29. The van der Waals surface area contributed by atoms with Crippen molar-refractivity contribution < 1.29 is 9.13 Å². The second kappa shape index (κ2) is 2.88. The lowest BCUT2D eigenvalue weighted by atomic mass is 10.3. The Labute approximate surface area is 63.4 Å². The highest BCUT2D eigenvalue weighted by atomic mass is 35.5. The Morgan fingerprint density at radius 1 is 1.60 bits per heavy atom. The highest BCUT2D eigenvalue weighted by Gasteiger charge is 1.97. The molecule has 0 aliphatic rings. The first-order chi connectivity index (χ1) is 4.72. The third-order valence-corrected chi connectivity index (χ3v) is 1.20. The Balaban J connectivity index is 3.06.